The van der Waals surface area contributed by atoms with E-state index in [0.29, 0.717) is 36.0 Å². The number of fused-ring (bicyclic) bond motifs is 1. The van der Waals surface area contributed by atoms with Gasteiger partial charge in [0.25, 0.3) is 15.9 Å². The van der Waals surface area contributed by atoms with E-state index in [0.717, 1.165) is 10.2 Å². The van der Waals surface area contributed by atoms with Crippen LogP contribution in [0.1, 0.15) is 24.2 Å². The summed E-state index contributed by atoms with van der Waals surface area (Å²) in [5.41, 5.74) is 1.94. The average molecular weight is 569 g/mol. The zero-order valence-electron chi connectivity index (χ0n) is 21.6. The first-order valence-corrected chi connectivity index (χ1v) is 14.3. The van der Waals surface area contributed by atoms with Gasteiger partial charge in [-0.05, 0) is 67.6 Å². The number of anilines is 2. The summed E-state index contributed by atoms with van der Waals surface area (Å²) in [5.74, 6) is -0.175. The Labute approximate surface area is 230 Å². The highest BCUT2D eigenvalue weighted by atomic mass is 32.2. The summed E-state index contributed by atoms with van der Waals surface area (Å²) in [6.07, 6.45) is 0. The number of hydrogen-bond acceptors (Lipinski definition) is 7. The van der Waals surface area contributed by atoms with Crippen LogP contribution in [0.2, 0.25) is 0 Å². The first-order chi connectivity index (χ1) is 18.7. The van der Waals surface area contributed by atoms with Crippen molar-refractivity contribution in [2.45, 2.75) is 25.3 Å². The van der Waals surface area contributed by atoms with E-state index in [2.05, 4.69) is 15.0 Å². The van der Waals surface area contributed by atoms with Gasteiger partial charge in [-0.15, -0.1) is 0 Å². The van der Waals surface area contributed by atoms with Crippen LogP contribution in [-0.4, -0.2) is 45.1 Å². The molecular formula is C27H28N4O6S2. The number of sulfonamides is 1. The fraction of sp³-hybridized carbons (Fsp3) is 0.222. The van der Waals surface area contributed by atoms with Crippen molar-refractivity contribution < 1.29 is 27.5 Å². The third kappa shape index (κ3) is 6.91. The van der Waals surface area contributed by atoms with Crippen molar-refractivity contribution in [3.05, 3.63) is 77.1 Å². The zero-order chi connectivity index (χ0) is 28.0. The molecule has 2 amide bonds. The number of methoxy groups -OCH3 is 1. The van der Waals surface area contributed by atoms with Gasteiger partial charge in [0.05, 0.1) is 28.8 Å². The van der Waals surface area contributed by atoms with E-state index in [4.69, 9.17) is 9.47 Å². The Morgan fingerprint density at radius 2 is 1.79 bits per heavy atom. The standard InChI is InChI=1S/C27H28N4O6S2/c1-4-37-15-14-31-24-13-8-20(28-18(2)32)17-25(24)38-27(31)29-26(33)19-6-5-7-21(16-19)30-39(34,35)23-11-9-22(36-3)10-12-23/h5-13,16-17,30H,4,14-15H2,1-3H3,(H,28,32). The molecular weight excluding hydrogens is 540 g/mol. The summed E-state index contributed by atoms with van der Waals surface area (Å²) in [4.78, 5) is 29.5. The molecule has 4 aromatic rings. The topological polar surface area (TPSA) is 128 Å². The van der Waals surface area contributed by atoms with Gasteiger partial charge in [0.15, 0.2) is 4.80 Å². The van der Waals surface area contributed by atoms with Gasteiger partial charge in [-0.25, -0.2) is 8.42 Å². The number of ether oxygens (including phenoxy) is 2. The maximum absolute atomic E-state index is 13.2. The number of thiazole rings is 1. The van der Waals surface area contributed by atoms with Crippen molar-refractivity contribution in [1.82, 2.24) is 4.57 Å². The Morgan fingerprint density at radius 1 is 1.03 bits per heavy atom. The summed E-state index contributed by atoms with van der Waals surface area (Å²) >= 11 is 1.31. The normalized spacial score (nSPS) is 11.9. The molecule has 0 atom stereocenters. The first kappa shape index (κ1) is 28.0. The molecule has 204 valence electrons. The van der Waals surface area contributed by atoms with E-state index in [1.807, 2.05) is 23.6 Å². The van der Waals surface area contributed by atoms with Crippen LogP contribution in [-0.2, 0) is 26.1 Å². The molecule has 0 radical (unpaired) electrons. The lowest BCUT2D eigenvalue weighted by Gasteiger charge is -2.09. The van der Waals surface area contributed by atoms with Crippen molar-refractivity contribution in [2.75, 3.05) is 30.4 Å². The number of nitrogens with one attached hydrogen (secondary N) is 2. The molecule has 4 rings (SSSR count). The Kier molecular flexibility index (Phi) is 8.79. The van der Waals surface area contributed by atoms with Crippen molar-refractivity contribution >= 4 is 54.8 Å². The number of amides is 2. The fourth-order valence-corrected chi connectivity index (χ4v) is 5.94. The lowest BCUT2D eigenvalue weighted by molar-refractivity contribution is -0.114. The molecule has 0 aliphatic carbocycles. The summed E-state index contributed by atoms with van der Waals surface area (Å²) < 4.78 is 41.5. The summed E-state index contributed by atoms with van der Waals surface area (Å²) in [6, 6.07) is 17.6. The average Bonchev–Trinajstić information content (AvgIpc) is 3.24. The molecule has 39 heavy (non-hydrogen) atoms. The van der Waals surface area contributed by atoms with Gasteiger partial charge in [0.1, 0.15) is 5.75 Å². The zero-order valence-corrected chi connectivity index (χ0v) is 23.3. The molecule has 12 heteroatoms. The second-order valence-electron chi connectivity index (χ2n) is 8.38. The van der Waals surface area contributed by atoms with Crippen LogP contribution < -0.4 is 19.6 Å². The molecule has 2 N–H and O–H groups in total. The van der Waals surface area contributed by atoms with Gasteiger partial charge in [0.2, 0.25) is 5.91 Å². The smallest absolute Gasteiger partial charge is 0.279 e. The fourth-order valence-electron chi connectivity index (χ4n) is 3.79. The molecule has 0 aliphatic rings. The van der Waals surface area contributed by atoms with E-state index in [-0.39, 0.29) is 22.1 Å². The van der Waals surface area contributed by atoms with Crippen molar-refractivity contribution in [2.24, 2.45) is 4.99 Å². The van der Waals surface area contributed by atoms with Gasteiger partial charge in [0, 0.05) is 37.0 Å². The van der Waals surface area contributed by atoms with E-state index in [9.17, 15) is 18.0 Å². The maximum atomic E-state index is 13.2. The lowest BCUT2D eigenvalue weighted by Crippen LogP contribution is -2.20. The Bertz CT molecular complexity index is 1670. The monoisotopic (exact) mass is 568 g/mol. The highest BCUT2D eigenvalue weighted by Gasteiger charge is 2.16. The number of aromatic nitrogens is 1. The number of nitrogens with zero attached hydrogens (tertiary/aromatic N) is 2. The van der Waals surface area contributed by atoms with Crippen molar-refractivity contribution in [3.8, 4) is 5.75 Å². The van der Waals surface area contributed by atoms with Crippen LogP contribution in [0.3, 0.4) is 0 Å². The molecule has 3 aromatic carbocycles. The summed E-state index contributed by atoms with van der Waals surface area (Å²) in [7, 11) is -2.39. The first-order valence-electron chi connectivity index (χ1n) is 12.0. The third-order valence-electron chi connectivity index (χ3n) is 5.60. The van der Waals surface area contributed by atoms with Crippen LogP contribution in [0.4, 0.5) is 11.4 Å². The summed E-state index contributed by atoms with van der Waals surface area (Å²) in [5, 5.41) is 2.76. The second kappa shape index (κ2) is 12.2. The summed E-state index contributed by atoms with van der Waals surface area (Å²) in [6.45, 7) is 4.80. The molecule has 0 unspecified atom stereocenters. The number of benzene rings is 3. The van der Waals surface area contributed by atoms with Crippen LogP contribution >= 0.6 is 11.3 Å². The molecule has 0 aliphatic heterocycles. The SMILES string of the molecule is CCOCCn1c(=NC(=O)c2cccc(NS(=O)(=O)c3ccc(OC)cc3)c2)sc2cc(NC(C)=O)ccc21. The Morgan fingerprint density at radius 3 is 2.49 bits per heavy atom. The van der Waals surface area contributed by atoms with Gasteiger partial charge < -0.3 is 19.4 Å². The molecule has 0 saturated carbocycles. The number of hydrogen-bond donors (Lipinski definition) is 2. The lowest BCUT2D eigenvalue weighted by atomic mass is 10.2. The second-order valence-corrected chi connectivity index (χ2v) is 11.1. The van der Waals surface area contributed by atoms with Crippen LogP contribution in [0.15, 0.2) is 76.6 Å². The number of carbonyl (C=O) groups excluding carboxylic acids is 2. The van der Waals surface area contributed by atoms with E-state index in [1.165, 1.54) is 43.6 Å². The Hall–Kier alpha value is -4.00. The molecule has 1 aromatic heterocycles. The van der Waals surface area contributed by atoms with E-state index in [1.54, 1.807) is 36.4 Å². The van der Waals surface area contributed by atoms with Crippen LogP contribution in [0, 0.1) is 0 Å². The van der Waals surface area contributed by atoms with Gasteiger partial charge in [-0.2, -0.15) is 4.99 Å². The highest BCUT2D eigenvalue weighted by molar-refractivity contribution is 7.92. The predicted octanol–water partition coefficient (Wildman–Crippen LogP) is 4.25. The Balaban J connectivity index is 1.65. The van der Waals surface area contributed by atoms with Crippen LogP contribution in [0.5, 0.6) is 5.75 Å². The predicted molar refractivity (Wildman–Crippen MR) is 151 cm³/mol. The minimum atomic E-state index is -3.88. The van der Waals surface area contributed by atoms with Gasteiger partial charge >= 0.3 is 0 Å². The van der Waals surface area contributed by atoms with Crippen LogP contribution in [0.25, 0.3) is 10.2 Å². The van der Waals surface area contributed by atoms with Crippen molar-refractivity contribution in [3.63, 3.8) is 0 Å². The minimum absolute atomic E-state index is 0.0592. The molecule has 0 fully saturated rings. The highest BCUT2D eigenvalue weighted by Crippen LogP contribution is 2.23. The largest absolute Gasteiger partial charge is 0.497 e. The molecule has 10 nitrogen and oxygen atoms in total. The van der Waals surface area contributed by atoms with Gasteiger partial charge in [-0.3, -0.25) is 14.3 Å². The van der Waals surface area contributed by atoms with Gasteiger partial charge in [-0.1, -0.05) is 17.4 Å². The maximum Gasteiger partial charge on any atom is 0.279 e. The quantitative estimate of drug-likeness (QED) is 0.275. The number of carbonyl (C=O) groups is 2. The van der Waals surface area contributed by atoms with Crippen molar-refractivity contribution in [1.29, 1.82) is 0 Å². The molecule has 1 heterocycles. The molecule has 0 spiro atoms. The molecule has 0 bridgehead atoms. The minimum Gasteiger partial charge on any atom is -0.497 e. The third-order valence-corrected chi connectivity index (χ3v) is 8.03. The van der Waals surface area contributed by atoms with E-state index >= 15 is 0 Å². The number of rotatable bonds is 10. The van der Waals surface area contributed by atoms with E-state index < -0.39 is 15.9 Å². The molecule has 0 saturated heterocycles.